The van der Waals surface area contributed by atoms with E-state index in [1.54, 1.807) is 17.0 Å². The molecule has 1 aromatic carbocycles. The molecule has 4 heteroatoms. The van der Waals surface area contributed by atoms with Crippen LogP contribution in [0.4, 0.5) is 4.39 Å². The first-order chi connectivity index (χ1) is 10.9. The Bertz CT molecular complexity index is 632. The van der Waals surface area contributed by atoms with E-state index in [1.807, 2.05) is 13.1 Å². The molecule has 0 heterocycles. The summed E-state index contributed by atoms with van der Waals surface area (Å²) < 4.78 is 14.1. The first-order valence-electron chi connectivity index (χ1n) is 8.57. The van der Waals surface area contributed by atoms with Gasteiger partial charge in [-0.3, -0.25) is 4.79 Å². The Kier molecular flexibility index (Phi) is 3.60. The van der Waals surface area contributed by atoms with Gasteiger partial charge in [-0.2, -0.15) is 0 Å². The molecular formula is C19H23BrFNO. The van der Waals surface area contributed by atoms with Crippen LogP contribution in [-0.4, -0.2) is 22.2 Å². The lowest BCUT2D eigenvalue weighted by Crippen LogP contribution is -2.58. The van der Waals surface area contributed by atoms with E-state index in [2.05, 4.69) is 15.9 Å². The maximum atomic E-state index is 13.9. The maximum absolute atomic E-state index is 13.9. The topological polar surface area (TPSA) is 20.3 Å². The molecule has 2 atom stereocenters. The summed E-state index contributed by atoms with van der Waals surface area (Å²) in [5.41, 5.74) is 0.384. The van der Waals surface area contributed by atoms with E-state index in [0.717, 1.165) is 19.3 Å². The highest BCUT2D eigenvalue weighted by atomic mass is 79.9. The number of alkyl halides is 1. The zero-order valence-corrected chi connectivity index (χ0v) is 15.1. The molecule has 0 aliphatic heterocycles. The van der Waals surface area contributed by atoms with E-state index in [9.17, 15) is 9.18 Å². The van der Waals surface area contributed by atoms with Crippen LogP contribution >= 0.6 is 15.9 Å². The Labute approximate surface area is 145 Å². The number of hydrogen-bond donors (Lipinski definition) is 0. The third kappa shape index (κ3) is 2.63. The maximum Gasteiger partial charge on any atom is 0.228 e. The second-order valence-electron chi connectivity index (χ2n) is 8.14. The van der Waals surface area contributed by atoms with Crippen LogP contribution < -0.4 is 0 Å². The fourth-order valence-corrected chi connectivity index (χ4v) is 7.21. The van der Waals surface area contributed by atoms with Gasteiger partial charge >= 0.3 is 0 Å². The standard InChI is InChI=1S/C19H23BrFNO/c1-22(11-15-4-2-3-5-16(15)21)17(23)18-7-13-6-14(8-18)10-19(20,9-13)12-18/h2-5,13-14H,6-12H2,1H3. The molecule has 0 radical (unpaired) electrons. The Morgan fingerprint density at radius 3 is 2.52 bits per heavy atom. The van der Waals surface area contributed by atoms with Crippen molar-refractivity contribution in [3.8, 4) is 0 Å². The third-order valence-electron chi connectivity index (χ3n) is 6.16. The molecule has 0 N–H and O–H groups in total. The number of carbonyl (C=O) groups is 1. The summed E-state index contributed by atoms with van der Waals surface area (Å²) in [6.07, 6.45) is 6.73. The van der Waals surface area contributed by atoms with Crippen LogP contribution in [0.3, 0.4) is 0 Å². The van der Waals surface area contributed by atoms with E-state index in [-0.39, 0.29) is 21.5 Å². The predicted octanol–water partition coefficient (Wildman–Crippen LogP) is 4.52. The summed E-state index contributed by atoms with van der Waals surface area (Å²) in [5.74, 6) is 1.36. The first kappa shape index (κ1) is 15.6. The number of benzene rings is 1. The van der Waals surface area contributed by atoms with Gasteiger partial charge in [-0.05, 0) is 56.4 Å². The van der Waals surface area contributed by atoms with Gasteiger partial charge in [0, 0.05) is 23.5 Å². The Morgan fingerprint density at radius 2 is 1.91 bits per heavy atom. The van der Waals surface area contributed by atoms with Gasteiger partial charge in [-0.25, -0.2) is 4.39 Å². The molecule has 1 amide bonds. The number of amides is 1. The highest BCUT2D eigenvalue weighted by Crippen LogP contribution is 2.64. The van der Waals surface area contributed by atoms with Crippen molar-refractivity contribution in [3.05, 3.63) is 35.6 Å². The van der Waals surface area contributed by atoms with Crippen LogP contribution in [0.15, 0.2) is 24.3 Å². The molecule has 23 heavy (non-hydrogen) atoms. The Morgan fingerprint density at radius 1 is 1.26 bits per heavy atom. The molecule has 4 aliphatic carbocycles. The minimum absolute atomic E-state index is 0.172. The number of nitrogens with zero attached hydrogens (tertiary/aromatic N) is 1. The van der Waals surface area contributed by atoms with Crippen LogP contribution in [0.5, 0.6) is 0 Å². The molecule has 4 fully saturated rings. The quantitative estimate of drug-likeness (QED) is 0.707. The lowest BCUT2D eigenvalue weighted by molar-refractivity contribution is -0.154. The van der Waals surface area contributed by atoms with Gasteiger partial charge in [0.2, 0.25) is 5.91 Å². The molecule has 4 aliphatic rings. The highest BCUT2D eigenvalue weighted by Gasteiger charge is 2.60. The smallest absolute Gasteiger partial charge is 0.228 e. The number of hydrogen-bond acceptors (Lipinski definition) is 1. The molecular weight excluding hydrogens is 357 g/mol. The lowest BCUT2D eigenvalue weighted by Gasteiger charge is -2.60. The lowest BCUT2D eigenvalue weighted by atomic mass is 9.49. The van der Waals surface area contributed by atoms with Gasteiger partial charge in [0.25, 0.3) is 0 Å². The Balaban J connectivity index is 1.56. The highest BCUT2D eigenvalue weighted by molar-refractivity contribution is 9.10. The van der Waals surface area contributed by atoms with E-state index in [0.29, 0.717) is 23.9 Å². The van der Waals surface area contributed by atoms with Crippen LogP contribution in [0.25, 0.3) is 0 Å². The third-order valence-corrected chi connectivity index (χ3v) is 7.08. The zero-order valence-electron chi connectivity index (χ0n) is 13.5. The number of carbonyl (C=O) groups excluding carboxylic acids is 1. The van der Waals surface area contributed by atoms with E-state index in [1.165, 1.54) is 25.3 Å². The van der Waals surface area contributed by atoms with E-state index >= 15 is 0 Å². The van der Waals surface area contributed by atoms with Crippen molar-refractivity contribution < 1.29 is 9.18 Å². The minimum atomic E-state index is -0.227. The molecule has 0 saturated heterocycles. The largest absolute Gasteiger partial charge is 0.341 e. The molecule has 5 rings (SSSR count). The number of halogens is 2. The van der Waals surface area contributed by atoms with Crippen molar-refractivity contribution in [2.45, 2.75) is 49.4 Å². The van der Waals surface area contributed by atoms with Crippen molar-refractivity contribution >= 4 is 21.8 Å². The summed E-state index contributed by atoms with van der Waals surface area (Å²) in [6.45, 7) is 0.359. The zero-order chi connectivity index (χ0) is 16.2. The monoisotopic (exact) mass is 379 g/mol. The summed E-state index contributed by atoms with van der Waals surface area (Å²) in [6, 6.07) is 6.75. The van der Waals surface area contributed by atoms with Gasteiger partial charge < -0.3 is 4.90 Å². The average molecular weight is 380 g/mol. The van der Waals surface area contributed by atoms with E-state index in [4.69, 9.17) is 0 Å². The van der Waals surface area contributed by atoms with Crippen LogP contribution in [-0.2, 0) is 11.3 Å². The Hall–Kier alpha value is -0.900. The van der Waals surface area contributed by atoms with Crippen molar-refractivity contribution in [1.82, 2.24) is 4.90 Å². The van der Waals surface area contributed by atoms with Gasteiger partial charge in [-0.15, -0.1) is 0 Å². The SMILES string of the molecule is CN(Cc1ccccc1F)C(=O)C12CC3CC(CC(Br)(C3)C1)C2. The summed E-state index contributed by atoms with van der Waals surface area (Å²) in [4.78, 5) is 15.0. The van der Waals surface area contributed by atoms with Crippen molar-refractivity contribution in [2.24, 2.45) is 17.3 Å². The van der Waals surface area contributed by atoms with E-state index < -0.39 is 0 Å². The van der Waals surface area contributed by atoms with Crippen molar-refractivity contribution in [2.75, 3.05) is 7.05 Å². The average Bonchev–Trinajstić information content (AvgIpc) is 2.46. The van der Waals surface area contributed by atoms with Crippen LogP contribution in [0.2, 0.25) is 0 Å². The molecule has 0 aromatic heterocycles. The molecule has 4 saturated carbocycles. The van der Waals surface area contributed by atoms with Crippen LogP contribution in [0, 0.1) is 23.1 Å². The molecule has 4 bridgehead atoms. The molecule has 2 nitrogen and oxygen atoms in total. The predicted molar refractivity (Wildman–Crippen MR) is 91.6 cm³/mol. The van der Waals surface area contributed by atoms with Crippen molar-refractivity contribution in [3.63, 3.8) is 0 Å². The summed E-state index contributed by atoms with van der Waals surface area (Å²) >= 11 is 3.96. The normalized spacial score (nSPS) is 37.9. The molecule has 1 aromatic rings. The first-order valence-corrected chi connectivity index (χ1v) is 9.36. The fourth-order valence-electron chi connectivity index (χ4n) is 5.76. The second-order valence-corrected chi connectivity index (χ2v) is 9.83. The van der Waals surface area contributed by atoms with Crippen LogP contribution in [0.1, 0.15) is 44.1 Å². The van der Waals surface area contributed by atoms with Gasteiger partial charge in [0.15, 0.2) is 0 Å². The molecule has 124 valence electrons. The summed E-state index contributed by atoms with van der Waals surface area (Å²) in [5, 5.41) is 0. The van der Waals surface area contributed by atoms with Gasteiger partial charge in [0.05, 0.1) is 5.41 Å². The summed E-state index contributed by atoms with van der Waals surface area (Å²) in [7, 11) is 1.83. The van der Waals surface area contributed by atoms with Crippen molar-refractivity contribution in [1.29, 1.82) is 0 Å². The molecule has 2 unspecified atom stereocenters. The fraction of sp³-hybridized carbons (Fsp3) is 0.632. The second kappa shape index (κ2) is 5.30. The number of rotatable bonds is 3. The van der Waals surface area contributed by atoms with Gasteiger partial charge in [-0.1, -0.05) is 34.1 Å². The van der Waals surface area contributed by atoms with Gasteiger partial charge in [0.1, 0.15) is 5.82 Å². The minimum Gasteiger partial charge on any atom is -0.341 e. The molecule has 0 spiro atoms.